The molecule has 0 aliphatic carbocycles. The molecule has 2 aromatic rings. The highest BCUT2D eigenvalue weighted by molar-refractivity contribution is 5.71. The van der Waals surface area contributed by atoms with E-state index < -0.39 is 0 Å². The minimum atomic E-state index is -0.137. The summed E-state index contributed by atoms with van der Waals surface area (Å²) in [6.07, 6.45) is 0. The molecule has 0 amide bonds. The van der Waals surface area contributed by atoms with E-state index in [9.17, 15) is 4.39 Å². The lowest BCUT2D eigenvalue weighted by Crippen LogP contribution is -1.91. The van der Waals surface area contributed by atoms with Crippen LogP contribution in [0.1, 0.15) is 22.3 Å². The van der Waals surface area contributed by atoms with Crippen molar-refractivity contribution in [2.45, 2.75) is 27.7 Å². The summed E-state index contributed by atoms with van der Waals surface area (Å²) in [4.78, 5) is 0. The average Bonchev–Trinajstić information content (AvgIpc) is 2.21. The van der Waals surface area contributed by atoms with Crippen molar-refractivity contribution < 1.29 is 4.39 Å². The zero-order chi connectivity index (χ0) is 12.6. The Morgan fingerprint density at radius 3 is 1.88 bits per heavy atom. The minimum Gasteiger partial charge on any atom is -0.207 e. The second-order valence-electron chi connectivity index (χ2n) is 4.74. The second kappa shape index (κ2) is 4.33. The fourth-order valence-electron chi connectivity index (χ4n) is 2.38. The van der Waals surface area contributed by atoms with Crippen LogP contribution in [0.4, 0.5) is 4.39 Å². The van der Waals surface area contributed by atoms with E-state index >= 15 is 0 Å². The standard InChI is InChI=1S/C16H17F/c1-10-7-12(3)16(13(4)8-10)14-6-5-11(2)15(17)9-14/h5-9H,1-4H3. The predicted octanol–water partition coefficient (Wildman–Crippen LogP) is 4.73. The first-order valence-electron chi connectivity index (χ1n) is 5.83. The normalized spacial score (nSPS) is 10.6. The fraction of sp³-hybridized carbons (Fsp3) is 0.250. The van der Waals surface area contributed by atoms with Crippen molar-refractivity contribution in [3.05, 3.63) is 58.4 Å². The number of rotatable bonds is 1. The molecule has 2 rings (SSSR count). The smallest absolute Gasteiger partial charge is 0.126 e. The molecule has 0 N–H and O–H groups in total. The zero-order valence-corrected chi connectivity index (χ0v) is 10.8. The third-order valence-electron chi connectivity index (χ3n) is 3.14. The van der Waals surface area contributed by atoms with Crippen molar-refractivity contribution in [3.8, 4) is 11.1 Å². The van der Waals surface area contributed by atoms with E-state index in [0.29, 0.717) is 5.56 Å². The maximum Gasteiger partial charge on any atom is 0.126 e. The van der Waals surface area contributed by atoms with Crippen LogP contribution in [0, 0.1) is 33.5 Å². The van der Waals surface area contributed by atoms with Crippen LogP contribution < -0.4 is 0 Å². The summed E-state index contributed by atoms with van der Waals surface area (Å²) in [5.74, 6) is -0.137. The van der Waals surface area contributed by atoms with Gasteiger partial charge in [-0.05, 0) is 61.6 Å². The molecule has 0 aliphatic rings. The molecule has 0 heterocycles. The van der Waals surface area contributed by atoms with Crippen LogP contribution >= 0.6 is 0 Å². The van der Waals surface area contributed by atoms with E-state index in [1.165, 1.54) is 16.7 Å². The Hall–Kier alpha value is -1.63. The van der Waals surface area contributed by atoms with E-state index in [4.69, 9.17) is 0 Å². The van der Waals surface area contributed by atoms with Gasteiger partial charge in [0.2, 0.25) is 0 Å². The van der Waals surface area contributed by atoms with E-state index in [2.05, 4.69) is 32.9 Å². The molecule has 0 nitrogen and oxygen atoms in total. The average molecular weight is 228 g/mol. The van der Waals surface area contributed by atoms with Gasteiger partial charge >= 0.3 is 0 Å². The topological polar surface area (TPSA) is 0 Å². The Kier molecular flexibility index (Phi) is 3.01. The van der Waals surface area contributed by atoms with Crippen molar-refractivity contribution in [1.29, 1.82) is 0 Å². The van der Waals surface area contributed by atoms with Crippen LogP contribution in [0.25, 0.3) is 11.1 Å². The fourth-order valence-corrected chi connectivity index (χ4v) is 2.38. The Bertz CT molecular complexity index is 545. The van der Waals surface area contributed by atoms with Crippen LogP contribution in [0.3, 0.4) is 0 Å². The number of hydrogen-bond acceptors (Lipinski definition) is 0. The SMILES string of the molecule is Cc1cc(C)c(-c2ccc(C)c(F)c2)c(C)c1. The van der Waals surface area contributed by atoms with Gasteiger partial charge in [0.15, 0.2) is 0 Å². The predicted molar refractivity (Wildman–Crippen MR) is 70.8 cm³/mol. The molecule has 0 aliphatic heterocycles. The largest absolute Gasteiger partial charge is 0.207 e. The molecule has 0 spiro atoms. The van der Waals surface area contributed by atoms with E-state index in [-0.39, 0.29) is 5.82 Å². The van der Waals surface area contributed by atoms with Gasteiger partial charge in [0.05, 0.1) is 0 Å². The highest BCUT2D eigenvalue weighted by Crippen LogP contribution is 2.29. The molecule has 88 valence electrons. The van der Waals surface area contributed by atoms with Gasteiger partial charge < -0.3 is 0 Å². The molecule has 0 saturated carbocycles. The molecule has 2 aromatic carbocycles. The molecular formula is C16H17F. The van der Waals surface area contributed by atoms with Gasteiger partial charge in [-0.1, -0.05) is 29.8 Å². The lowest BCUT2D eigenvalue weighted by molar-refractivity contribution is 0.619. The Balaban J connectivity index is 2.64. The van der Waals surface area contributed by atoms with Crippen molar-refractivity contribution in [3.63, 3.8) is 0 Å². The van der Waals surface area contributed by atoms with Gasteiger partial charge in [-0.3, -0.25) is 0 Å². The molecular weight excluding hydrogens is 211 g/mol. The highest BCUT2D eigenvalue weighted by Gasteiger charge is 2.08. The number of benzene rings is 2. The van der Waals surface area contributed by atoms with Crippen molar-refractivity contribution in [2.24, 2.45) is 0 Å². The number of halogens is 1. The van der Waals surface area contributed by atoms with Crippen molar-refractivity contribution in [2.75, 3.05) is 0 Å². The van der Waals surface area contributed by atoms with Gasteiger partial charge in [0, 0.05) is 0 Å². The minimum absolute atomic E-state index is 0.137. The summed E-state index contributed by atoms with van der Waals surface area (Å²) in [6.45, 7) is 8.02. The first-order chi connectivity index (χ1) is 7.99. The van der Waals surface area contributed by atoms with Gasteiger partial charge in [-0.25, -0.2) is 4.39 Å². The zero-order valence-electron chi connectivity index (χ0n) is 10.8. The van der Waals surface area contributed by atoms with E-state index in [1.54, 1.807) is 13.0 Å². The van der Waals surface area contributed by atoms with Crippen LogP contribution in [-0.4, -0.2) is 0 Å². The first-order valence-corrected chi connectivity index (χ1v) is 5.83. The quantitative estimate of drug-likeness (QED) is 0.662. The van der Waals surface area contributed by atoms with Gasteiger partial charge in [-0.2, -0.15) is 0 Å². The molecule has 0 unspecified atom stereocenters. The van der Waals surface area contributed by atoms with Crippen LogP contribution in [0.2, 0.25) is 0 Å². The summed E-state index contributed by atoms with van der Waals surface area (Å²) >= 11 is 0. The van der Waals surface area contributed by atoms with Gasteiger partial charge in [0.1, 0.15) is 5.82 Å². The second-order valence-corrected chi connectivity index (χ2v) is 4.74. The lowest BCUT2D eigenvalue weighted by atomic mass is 9.93. The summed E-state index contributed by atoms with van der Waals surface area (Å²) in [6, 6.07) is 9.73. The number of hydrogen-bond donors (Lipinski definition) is 0. The Morgan fingerprint density at radius 2 is 1.35 bits per heavy atom. The molecule has 0 fully saturated rings. The number of aryl methyl sites for hydroxylation is 4. The van der Waals surface area contributed by atoms with Crippen LogP contribution in [-0.2, 0) is 0 Å². The molecule has 0 saturated heterocycles. The first kappa shape index (κ1) is 11.8. The molecule has 17 heavy (non-hydrogen) atoms. The maximum atomic E-state index is 13.6. The maximum absolute atomic E-state index is 13.6. The van der Waals surface area contributed by atoms with Crippen molar-refractivity contribution >= 4 is 0 Å². The Labute approximate surface area is 102 Å². The molecule has 0 atom stereocenters. The Morgan fingerprint density at radius 1 is 0.765 bits per heavy atom. The highest BCUT2D eigenvalue weighted by atomic mass is 19.1. The third-order valence-corrected chi connectivity index (χ3v) is 3.14. The molecule has 0 aromatic heterocycles. The molecule has 0 bridgehead atoms. The summed E-state index contributed by atoms with van der Waals surface area (Å²) in [7, 11) is 0. The summed E-state index contributed by atoms with van der Waals surface area (Å²) in [5.41, 5.74) is 6.45. The van der Waals surface area contributed by atoms with Crippen molar-refractivity contribution in [1.82, 2.24) is 0 Å². The van der Waals surface area contributed by atoms with Crippen LogP contribution in [0.15, 0.2) is 30.3 Å². The molecule has 1 heteroatoms. The van der Waals surface area contributed by atoms with E-state index in [0.717, 1.165) is 11.1 Å². The van der Waals surface area contributed by atoms with Gasteiger partial charge in [0.25, 0.3) is 0 Å². The summed E-state index contributed by atoms with van der Waals surface area (Å²) < 4.78 is 13.6. The van der Waals surface area contributed by atoms with Gasteiger partial charge in [-0.15, -0.1) is 0 Å². The third kappa shape index (κ3) is 2.23. The van der Waals surface area contributed by atoms with Crippen LogP contribution in [0.5, 0.6) is 0 Å². The summed E-state index contributed by atoms with van der Waals surface area (Å²) in [5, 5.41) is 0. The van der Waals surface area contributed by atoms with E-state index in [1.807, 2.05) is 12.1 Å². The molecule has 0 radical (unpaired) electrons. The monoisotopic (exact) mass is 228 g/mol. The lowest BCUT2D eigenvalue weighted by Gasteiger charge is -2.12.